The van der Waals surface area contributed by atoms with Gasteiger partial charge < -0.3 is 0 Å². The summed E-state index contributed by atoms with van der Waals surface area (Å²) in [5, 5.41) is 0. The second-order valence-electron chi connectivity index (χ2n) is 6.06. The molecule has 1 heterocycles. The molecular formula is C18H29N. The zero-order valence-electron chi connectivity index (χ0n) is 12.6. The van der Waals surface area contributed by atoms with Crippen LogP contribution in [0.4, 0.5) is 0 Å². The van der Waals surface area contributed by atoms with E-state index >= 15 is 0 Å². The van der Waals surface area contributed by atoms with Crippen molar-refractivity contribution in [3.8, 4) is 0 Å². The fraction of sp³-hybridized carbons (Fsp3) is 0.667. The van der Waals surface area contributed by atoms with Gasteiger partial charge in [-0.05, 0) is 43.3 Å². The quantitative estimate of drug-likeness (QED) is 0.714. The van der Waals surface area contributed by atoms with Gasteiger partial charge in [0.15, 0.2) is 0 Å². The van der Waals surface area contributed by atoms with Gasteiger partial charge in [-0.3, -0.25) is 4.90 Å². The van der Waals surface area contributed by atoms with E-state index in [2.05, 4.69) is 49.1 Å². The predicted molar refractivity (Wildman–Crippen MR) is 83.1 cm³/mol. The lowest BCUT2D eigenvalue weighted by Gasteiger charge is -2.36. The fourth-order valence-electron chi connectivity index (χ4n) is 3.57. The van der Waals surface area contributed by atoms with E-state index in [1.165, 1.54) is 50.8 Å². The van der Waals surface area contributed by atoms with Crippen LogP contribution in [0.3, 0.4) is 0 Å². The van der Waals surface area contributed by atoms with E-state index in [1.54, 1.807) is 0 Å². The Morgan fingerprint density at radius 1 is 1.11 bits per heavy atom. The Labute approximate surface area is 119 Å². The number of nitrogens with zero attached hydrogens (tertiary/aromatic N) is 1. The fourth-order valence-corrected chi connectivity index (χ4v) is 3.57. The molecule has 0 bridgehead atoms. The average molecular weight is 259 g/mol. The van der Waals surface area contributed by atoms with Crippen LogP contribution in [0.25, 0.3) is 0 Å². The first-order chi connectivity index (χ1) is 9.33. The highest BCUT2D eigenvalue weighted by atomic mass is 15.1. The van der Waals surface area contributed by atoms with Gasteiger partial charge in [-0.2, -0.15) is 0 Å². The molecule has 0 amide bonds. The third-order valence-corrected chi connectivity index (χ3v) is 4.73. The third-order valence-electron chi connectivity index (χ3n) is 4.73. The summed E-state index contributed by atoms with van der Waals surface area (Å²) >= 11 is 0. The largest absolute Gasteiger partial charge is 0.299 e. The molecule has 106 valence electrons. The topological polar surface area (TPSA) is 3.24 Å². The Balaban J connectivity index is 1.79. The summed E-state index contributed by atoms with van der Waals surface area (Å²) < 4.78 is 0. The predicted octanol–water partition coefficient (Wildman–Crippen LogP) is 4.72. The van der Waals surface area contributed by atoms with Crippen LogP contribution >= 0.6 is 0 Å². The first-order valence-corrected chi connectivity index (χ1v) is 8.09. The molecule has 1 atom stereocenters. The molecule has 1 heteroatoms. The number of likely N-dealkylation sites (tertiary alicyclic amines) is 1. The molecule has 1 saturated heterocycles. The van der Waals surface area contributed by atoms with E-state index in [9.17, 15) is 0 Å². The maximum Gasteiger partial charge on any atom is 0.0233 e. The summed E-state index contributed by atoms with van der Waals surface area (Å²) in [5.41, 5.74) is 1.46. The van der Waals surface area contributed by atoms with Crippen LogP contribution in [-0.2, 0) is 6.54 Å². The van der Waals surface area contributed by atoms with E-state index in [4.69, 9.17) is 0 Å². The molecule has 1 aromatic carbocycles. The molecule has 19 heavy (non-hydrogen) atoms. The van der Waals surface area contributed by atoms with E-state index in [-0.39, 0.29) is 0 Å². The highest BCUT2D eigenvalue weighted by Crippen LogP contribution is 2.30. The van der Waals surface area contributed by atoms with Gasteiger partial charge in [0.25, 0.3) is 0 Å². The lowest BCUT2D eigenvalue weighted by Crippen LogP contribution is -2.35. The van der Waals surface area contributed by atoms with Crippen LogP contribution in [0, 0.1) is 11.8 Å². The Morgan fingerprint density at radius 3 is 2.37 bits per heavy atom. The molecule has 0 radical (unpaired) electrons. The van der Waals surface area contributed by atoms with Gasteiger partial charge in [0.1, 0.15) is 0 Å². The molecular weight excluding hydrogens is 230 g/mol. The third kappa shape index (κ3) is 4.35. The van der Waals surface area contributed by atoms with Crippen molar-refractivity contribution in [3.63, 3.8) is 0 Å². The minimum atomic E-state index is 0.976. The highest BCUT2D eigenvalue weighted by Gasteiger charge is 2.24. The lowest BCUT2D eigenvalue weighted by molar-refractivity contribution is 0.134. The summed E-state index contributed by atoms with van der Waals surface area (Å²) in [6.45, 7) is 8.42. The number of benzene rings is 1. The lowest BCUT2D eigenvalue weighted by atomic mass is 9.80. The van der Waals surface area contributed by atoms with Gasteiger partial charge in [-0.1, -0.05) is 63.4 Å². The van der Waals surface area contributed by atoms with Crippen molar-refractivity contribution in [1.82, 2.24) is 4.90 Å². The van der Waals surface area contributed by atoms with E-state index in [0.29, 0.717) is 0 Å². The zero-order valence-corrected chi connectivity index (χ0v) is 12.6. The van der Waals surface area contributed by atoms with Gasteiger partial charge in [0.2, 0.25) is 0 Å². The van der Waals surface area contributed by atoms with Crippen molar-refractivity contribution in [1.29, 1.82) is 0 Å². The Morgan fingerprint density at radius 2 is 1.79 bits per heavy atom. The molecule has 0 N–H and O–H groups in total. The maximum atomic E-state index is 2.63. The molecule has 2 rings (SSSR count). The van der Waals surface area contributed by atoms with Crippen LogP contribution in [0.15, 0.2) is 30.3 Å². The maximum absolute atomic E-state index is 2.63. The molecule has 0 saturated carbocycles. The van der Waals surface area contributed by atoms with Gasteiger partial charge in [0.05, 0.1) is 0 Å². The molecule has 1 fully saturated rings. The van der Waals surface area contributed by atoms with Crippen molar-refractivity contribution in [2.24, 2.45) is 11.8 Å². The van der Waals surface area contributed by atoms with E-state index < -0.39 is 0 Å². The van der Waals surface area contributed by atoms with E-state index in [0.717, 1.165) is 18.4 Å². The molecule has 1 aliphatic heterocycles. The Hall–Kier alpha value is -0.820. The van der Waals surface area contributed by atoms with Crippen LogP contribution in [0.1, 0.15) is 51.5 Å². The van der Waals surface area contributed by atoms with E-state index in [1.807, 2.05) is 0 Å². The molecule has 0 spiro atoms. The molecule has 1 nitrogen and oxygen atoms in total. The summed E-state index contributed by atoms with van der Waals surface area (Å²) in [5.74, 6) is 1.96. The molecule has 1 aromatic rings. The highest BCUT2D eigenvalue weighted by molar-refractivity contribution is 5.14. The van der Waals surface area contributed by atoms with Gasteiger partial charge in [-0.25, -0.2) is 0 Å². The second-order valence-corrected chi connectivity index (χ2v) is 6.06. The van der Waals surface area contributed by atoms with Crippen LogP contribution in [-0.4, -0.2) is 18.0 Å². The average Bonchev–Trinajstić information content (AvgIpc) is 2.47. The normalized spacial score (nSPS) is 19.5. The zero-order chi connectivity index (χ0) is 13.5. The summed E-state index contributed by atoms with van der Waals surface area (Å²) in [7, 11) is 0. The van der Waals surface area contributed by atoms with Crippen molar-refractivity contribution in [2.75, 3.05) is 13.1 Å². The van der Waals surface area contributed by atoms with Crippen molar-refractivity contribution < 1.29 is 0 Å². The van der Waals surface area contributed by atoms with Gasteiger partial charge in [0, 0.05) is 6.54 Å². The summed E-state index contributed by atoms with van der Waals surface area (Å²) in [4.78, 5) is 2.63. The smallest absolute Gasteiger partial charge is 0.0233 e. The summed E-state index contributed by atoms with van der Waals surface area (Å²) in [6.07, 6.45) is 6.97. The molecule has 0 aromatic heterocycles. The Bertz CT molecular complexity index is 338. The number of hydrogen-bond donors (Lipinski definition) is 0. The number of hydrogen-bond acceptors (Lipinski definition) is 1. The Kier molecular flexibility index (Phi) is 5.91. The van der Waals surface area contributed by atoms with Crippen molar-refractivity contribution >= 4 is 0 Å². The summed E-state index contributed by atoms with van der Waals surface area (Å²) in [6, 6.07) is 10.9. The minimum absolute atomic E-state index is 0.976. The second kappa shape index (κ2) is 7.69. The SMILES string of the molecule is CCCC(CC)C1CCN(Cc2ccccc2)CC1. The first-order valence-electron chi connectivity index (χ1n) is 8.09. The van der Waals surface area contributed by atoms with Crippen LogP contribution < -0.4 is 0 Å². The van der Waals surface area contributed by atoms with Crippen molar-refractivity contribution in [3.05, 3.63) is 35.9 Å². The van der Waals surface area contributed by atoms with Gasteiger partial charge >= 0.3 is 0 Å². The van der Waals surface area contributed by atoms with Crippen LogP contribution in [0.2, 0.25) is 0 Å². The van der Waals surface area contributed by atoms with Gasteiger partial charge in [-0.15, -0.1) is 0 Å². The number of piperidine rings is 1. The first kappa shape index (κ1) is 14.6. The molecule has 1 aliphatic rings. The van der Waals surface area contributed by atoms with Crippen molar-refractivity contribution in [2.45, 2.75) is 52.5 Å². The minimum Gasteiger partial charge on any atom is -0.299 e. The molecule has 0 aliphatic carbocycles. The standard InChI is InChI=1S/C18H29N/c1-3-8-17(4-2)18-11-13-19(14-12-18)15-16-9-6-5-7-10-16/h5-7,9-10,17-18H,3-4,8,11-15H2,1-2H3. The van der Waals surface area contributed by atoms with Crippen LogP contribution in [0.5, 0.6) is 0 Å². The molecule has 1 unspecified atom stereocenters. The monoisotopic (exact) mass is 259 g/mol. The number of rotatable bonds is 6.